The Hall–Kier alpha value is -1.28. The average molecular weight is 274 g/mol. The quantitative estimate of drug-likeness (QED) is 0.823. The standard InChI is InChI=1S/C14H12BrN/c15-12-7-6-11-8-13(16-14(11)9-12)10-4-2-1-3-5-10/h1-7,9,13,16H,8H2. The summed E-state index contributed by atoms with van der Waals surface area (Å²) in [7, 11) is 0. The van der Waals surface area contributed by atoms with Crippen molar-refractivity contribution in [3.05, 3.63) is 64.1 Å². The fourth-order valence-corrected chi connectivity index (χ4v) is 2.57. The lowest BCUT2D eigenvalue weighted by Crippen LogP contribution is -2.04. The van der Waals surface area contributed by atoms with E-state index in [1.165, 1.54) is 16.8 Å². The number of hydrogen-bond donors (Lipinski definition) is 1. The third-order valence-corrected chi connectivity index (χ3v) is 3.52. The van der Waals surface area contributed by atoms with Crippen LogP contribution in [0.4, 0.5) is 5.69 Å². The highest BCUT2D eigenvalue weighted by atomic mass is 79.9. The molecule has 0 aromatic heterocycles. The molecule has 1 nitrogen and oxygen atoms in total. The summed E-state index contributed by atoms with van der Waals surface area (Å²) in [5.41, 5.74) is 4.01. The number of nitrogens with one attached hydrogen (secondary N) is 1. The van der Waals surface area contributed by atoms with E-state index < -0.39 is 0 Å². The second-order valence-corrected chi connectivity index (χ2v) is 5.03. The van der Waals surface area contributed by atoms with Gasteiger partial charge in [0.25, 0.3) is 0 Å². The van der Waals surface area contributed by atoms with Crippen molar-refractivity contribution in [1.82, 2.24) is 0 Å². The molecule has 0 bridgehead atoms. The third-order valence-electron chi connectivity index (χ3n) is 3.03. The molecule has 16 heavy (non-hydrogen) atoms. The smallest absolute Gasteiger partial charge is 0.0555 e. The summed E-state index contributed by atoms with van der Waals surface area (Å²) in [6, 6.07) is 17.5. The van der Waals surface area contributed by atoms with Gasteiger partial charge >= 0.3 is 0 Å². The van der Waals surface area contributed by atoms with Crippen LogP contribution in [0.1, 0.15) is 17.2 Å². The van der Waals surface area contributed by atoms with Crippen LogP contribution in [0.15, 0.2) is 53.0 Å². The molecule has 3 rings (SSSR count). The first-order valence-corrected chi connectivity index (χ1v) is 6.22. The first-order valence-electron chi connectivity index (χ1n) is 5.43. The summed E-state index contributed by atoms with van der Waals surface area (Å²) in [5.74, 6) is 0. The van der Waals surface area contributed by atoms with Gasteiger partial charge in [0.1, 0.15) is 0 Å². The Morgan fingerprint density at radius 2 is 1.88 bits per heavy atom. The Bertz CT molecular complexity index is 507. The zero-order valence-electron chi connectivity index (χ0n) is 8.78. The molecule has 0 spiro atoms. The van der Waals surface area contributed by atoms with E-state index in [2.05, 4.69) is 69.8 Å². The summed E-state index contributed by atoms with van der Waals surface area (Å²) in [6.07, 6.45) is 1.08. The summed E-state index contributed by atoms with van der Waals surface area (Å²) in [4.78, 5) is 0. The van der Waals surface area contributed by atoms with E-state index in [0.717, 1.165) is 10.9 Å². The lowest BCUT2D eigenvalue weighted by atomic mass is 10.0. The molecule has 80 valence electrons. The lowest BCUT2D eigenvalue weighted by molar-refractivity contribution is 0.824. The van der Waals surface area contributed by atoms with Crippen molar-refractivity contribution in [2.24, 2.45) is 0 Å². The fourth-order valence-electron chi connectivity index (χ4n) is 2.21. The molecule has 2 aromatic rings. The third kappa shape index (κ3) is 1.74. The maximum atomic E-state index is 3.56. The number of fused-ring (bicyclic) bond motifs is 1. The molecule has 1 aliphatic heterocycles. The number of halogens is 1. The zero-order valence-corrected chi connectivity index (χ0v) is 10.4. The van der Waals surface area contributed by atoms with Crippen LogP contribution >= 0.6 is 15.9 Å². The molecule has 0 fully saturated rings. The summed E-state index contributed by atoms with van der Waals surface area (Å²) in [5, 5.41) is 3.56. The van der Waals surface area contributed by atoms with Gasteiger partial charge in [-0.2, -0.15) is 0 Å². The number of rotatable bonds is 1. The number of benzene rings is 2. The second kappa shape index (κ2) is 3.95. The van der Waals surface area contributed by atoms with Crippen molar-refractivity contribution in [3.63, 3.8) is 0 Å². The number of hydrogen-bond acceptors (Lipinski definition) is 1. The maximum absolute atomic E-state index is 3.56. The number of anilines is 1. The van der Waals surface area contributed by atoms with Gasteiger partial charge in [-0.25, -0.2) is 0 Å². The van der Waals surface area contributed by atoms with Crippen LogP contribution in [0.2, 0.25) is 0 Å². The van der Waals surface area contributed by atoms with Crippen LogP contribution in [0.3, 0.4) is 0 Å². The molecule has 0 amide bonds. The van der Waals surface area contributed by atoms with Gasteiger partial charge in [0.15, 0.2) is 0 Å². The molecule has 1 N–H and O–H groups in total. The Morgan fingerprint density at radius 3 is 2.69 bits per heavy atom. The molecule has 1 atom stereocenters. The van der Waals surface area contributed by atoms with Crippen LogP contribution in [0, 0.1) is 0 Å². The first-order chi connectivity index (χ1) is 7.83. The van der Waals surface area contributed by atoms with Gasteiger partial charge in [-0.15, -0.1) is 0 Å². The van der Waals surface area contributed by atoms with Gasteiger partial charge in [0.05, 0.1) is 6.04 Å². The molecule has 1 heterocycles. The van der Waals surface area contributed by atoms with Gasteiger partial charge in [0, 0.05) is 10.2 Å². The minimum atomic E-state index is 0.422. The second-order valence-electron chi connectivity index (χ2n) is 4.11. The predicted octanol–water partition coefficient (Wildman–Crippen LogP) is 4.16. The van der Waals surface area contributed by atoms with E-state index in [9.17, 15) is 0 Å². The molecule has 0 saturated carbocycles. The molecule has 1 aliphatic rings. The van der Waals surface area contributed by atoms with Crippen molar-refractivity contribution < 1.29 is 0 Å². The largest absolute Gasteiger partial charge is 0.378 e. The normalized spacial score (nSPS) is 17.9. The average Bonchev–Trinajstić information content (AvgIpc) is 2.73. The van der Waals surface area contributed by atoms with Gasteiger partial charge in [-0.3, -0.25) is 0 Å². The molecule has 0 radical (unpaired) electrons. The zero-order chi connectivity index (χ0) is 11.0. The van der Waals surface area contributed by atoms with Crippen LogP contribution in [-0.4, -0.2) is 0 Å². The molecule has 2 heteroatoms. The van der Waals surface area contributed by atoms with Crippen molar-refractivity contribution in [2.45, 2.75) is 12.5 Å². The summed E-state index contributed by atoms with van der Waals surface area (Å²) < 4.78 is 1.13. The minimum absolute atomic E-state index is 0.422. The van der Waals surface area contributed by atoms with E-state index in [1.807, 2.05) is 0 Å². The Balaban J connectivity index is 1.91. The topological polar surface area (TPSA) is 12.0 Å². The van der Waals surface area contributed by atoms with Gasteiger partial charge in [-0.1, -0.05) is 52.3 Å². The van der Waals surface area contributed by atoms with E-state index in [4.69, 9.17) is 0 Å². The van der Waals surface area contributed by atoms with Gasteiger partial charge in [-0.05, 0) is 29.7 Å². The molecule has 0 saturated heterocycles. The molecular weight excluding hydrogens is 262 g/mol. The molecular formula is C14H12BrN. The van der Waals surface area contributed by atoms with Crippen molar-refractivity contribution in [1.29, 1.82) is 0 Å². The Morgan fingerprint density at radius 1 is 1.06 bits per heavy atom. The highest BCUT2D eigenvalue weighted by Gasteiger charge is 2.21. The molecule has 2 aromatic carbocycles. The fraction of sp³-hybridized carbons (Fsp3) is 0.143. The first kappa shape index (κ1) is 9.91. The van der Waals surface area contributed by atoms with Crippen molar-refractivity contribution >= 4 is 21.6 Å². The summed E-state index contributed by atoms with van der Waals surface area (Å²) >= 11 is 3.50. The van der Waals surface area contributed by atoms with E-state index in [-0.39, 0.29) is 0 Å². The van der Waals surface area contributed by atoms with Crippen molar-refractivity contribution in [2.75, 3.05) is 5.32 Å². The highest BCUT2D eigenvalue weighted by Crippen LogP contribution is 2.35. The Kier molecular flexibility index (Phi) is 2.44. The van der Waals surface area contributed by atoms with Crippen LogP contribution < -0.4 is 5.32 Å². The van der Waals surface area contributed by atoms with Crippen molar-refractivity contribution in [3.8, 4) is 0 Å². The molecule has 0 aliphatic carbocycles. The summed E-state index contributed by atoms with van der Waals surface area (Å²) in [6.45, 7) is 0. The van der Waals surface area contributed by atoms with E-state index >= 15 is 0 Å². The van der Waals surface area contributed by atoms with E-state index in [0.29, 0.717) is 6.04 Å². The van der Waals surface area contributed by atoms with Crippen LogP contribution in [-0.2, 0) is 6.42 Å². The lowest BCUT2D eigenvalue weighted by Gasteiger charge is -2.11. The highest BCUT2D eigenvalue weighted by molar-refractivity contribution is 9.10. The monoisotopic (exact) mass is 273 g/mol. The van der Waals surface area contributed by atoms with Gasteiger partial charge in [0.2, 0.25) is 0 Å². The molecule has 1 unspecified atom stereocenters. The minimum Gasteiger partial charge on any atom is -0.378 e. The van der Waals surface area contributed by atoms with Gasteiger partial charge < -0.3 is 5.32 Å². The van der Waals surface area contributed by atoms with Crippen LogP contribution in [0.5, 0.6) is 0 Å². The van der Waals surface area contributed by atoms with E-state index in [1.54, 1.807) is 0 Å². The predicted molar refractivity (Wildman–Crippen MR) is 70.7 cm³/mol. The Labute approximate surface area is 104 Å². The van der Waals surface area contributed by atoms with Crippen LogP contribution in [0.25, 0.3) is 0 Å². The maximum Gasteiger partial charge on any atom is 0.0555 e. The SMILES string of the molecule is Brc1ccc2c(c1)NC(c1ccccc1)C2.